The number of hydrogen-bond acceptors (Lipinski definition) is 2. The highest BCUT2D eigenvalue weighted by Crippen LogP contribution is 2.39. The largest absolute Gasteiger partial charge is 0.462 e. The van der Waals surface area contributed by atoms with E-state index >= 15 is 0 Å². The van der Waals surface area contributed by atoms with Gasteiger partial charge in [-0.3, -0.25) is 4.79 Å². The third-order valence-corrected chi connectivity index (χ3v) is 3.55. The van der Waals surface area contributed by atoms with E-state index < -0.39 is 0 Å². The molecule has 0 saturated heterocycles. The first-order chi connectivity index (χ1) is 7.32. The van der Waals surface area contributed by atoms with Gasteiger partial charge in [0.05, 0.1) is 5.92 Å². The zero-order valence-electron chi connectivity index (χ0n) is 11.4. The Morgan fingerprint density at radius 2 is 1.75 bits per heavy atom. The standard InChI is InChI=1S/C14H26O2/c1-10(2)13(15)16-12-9-7-6-8-11(12)14(3,4)5/h10-12H,6-9H2,1-5H3. The van der Waals surface area contributed by atoms with E-state index in [1.165, 1.54) is 19.3 Å². The lowest BCUT2D eigenvalue weighted by atomic mass is 9.70. The molecule has 2 heteroatoms. The van der Waals surface area contributed by atoms with Crippen molar-refractivity contribution in [3.63, 3.8) is 0 Å². The van der Waals surface area contributed by atoms with Crippen molar-refractivity contribution in [3.8, 4) is 0 Å². The molecule has 1 aliphatic carbocycles. The molecule has 1 rings (SSSR count). The molecule has 0 aromatic rings. The second-order valence-corrected chi connectivity index (χ2v) is 6.39. The quantitative estimate of drug-likeness (QED) is 0.670. The minimum Gasteiger partial charge on any atom is -0.462 e. The minimum absolute atomic E-state index is 0.0115. The number of hydrogen-bond donors (Lipinski definition) is 0. The van der Waals surface area contributed by atoms with Crippen molar-refractivity contribution < 1.29 is 9.53 Å². The molecule has 1 aliphatic rings. The van der Waals surface area contributed by atoms with Gasteiger partial charge < -0.3 is 4.74 Å². The summed E-state index contributed by atoms with van der Waals surface area (Å²) in [5.74, 6) is 0.465. The van der Waals surface area contributed by atoms with Crippen LogP contribution in [0.4, 0.5) is 0 Å². The van der Waals surface area contributed by atoms with Crippen molar-refractivity contribution in [3.05, 3.63) is 0 Å². The van der Waals surface area contributed by atoms with Crippen LogP contribution in [0.1, 0.15) is 60.3 Å². The molecule has 1 saturated carbocycles. The Morgan fingerprint density at radius 3 is 2.25 bits per heavy atom. The van der Waals surface area contributed by atoms with E-state index in [0.29, 0.717) is 5.92 Å². The van der Waals surface area contributed by atoms with Gasteiger partial charge >= 0.3 is 5.97 Å². The van der Waals surface area contributed by atoms with Crippen molar-refractivity contribution in [2.75, 3.05) is 0 Å². The van der Waals surface area contributed by atoms with Crippen molar-refractivity contribution in [1.82, 2.24) is 0 Å². The summed E-state index contributed by atoms with van der Waals surface area (Å²) in [6.07, 6.45) is 4.85. The topological polar surface area (TPSA) is 26.3 Å². The average Bonchev–Trinajstić information content (AvgIpc) is 2.16. The third kappa shape index (κ3) is 3.50. The van der Waals surface area contributed by atoms with Crippen LogP contribution in [0, 0.1) is 17.3 Å². The van der Waals surface area contributed by atoms with Crippen molar-refractivity contribution in [1.29, 1.82) is 0 Å². The fourth-order valence-electron chi connectivity index (χ4n) is 2.51. The monoisotopic (exact) mass is 226 g/mol. The summed E-state index contributed by atoms with van der Waals surface area (Å²) < 4.78 is 5.65. The Morgan fingerprint density at radius 1 is 1.19 bits per heavy atom. The van der Waals surface area contributed by atoms with Crippen molar-refractivity contribution >= 4 is 5.97 Å². The van der Waals surface area contributed by atoms with Crippen LogP contribution in [0.2, 0.25) is 0 Å². The third-order valence-electron chi connectivity index (χ3n) is 3.55. The molecule has 16 heavy (non-hydrogen) atoms. The van der Waals surface area contributed by atoms with Gasteiger partial charge in [-0.1, -0.05) is 41.0 Å². The molecule has 2 unspecified atom stereocenters. The van der Waals surface area contributed by atoms with Gasteiger partial charge in [0.2, 0.25) is 0 Å². The van der Waals surface area contributed by atoms with Crippen LogP contribution in [0.25, 0.3) is 0 Å². The van der Waals surface area contributed by atoms with Crippen LogP contribution in [-0.4, -0.2) is 12.1 Å². The number of carbonyl (C=O) groups excluding carboxylic acids is 1. The lowest BCUT2D eigenvalue weighted by molar-refractivity contribution is -0.160. The van der Waals surface area contributed by atoms with E-state index in [9.17, 15) is 4.79 Å². The summed E-state index contributed by atoms with van der Waals surface area (Å²) in [7, 11) is 0. The Labute approximate surface area is 99.8 Å². The summed E-state index contributed by atoms with van der Waals surface area (Å²) in [5.41, 5.74) is 0.238. The van der Waals surface area contributed by atoms with Crippen LogP contribution in [0.3, 0.4) is 0 Å². The number of rotatable bonds is 2. The molecular formula is C14H26O2. The van der Waals surface area contributed by atoms with Gasteiger partial charge in [-0.25, -0.2) is 0 Å². The second-order valence-electron chi connectivity index (χ2n) is 6.39. The lowest BCUT2D eigenvalue weighted by Gasteiger charge is -2.40. The Kier molecular flexibility index (Phi) is 4.40. The normalized spacial score (nSPS) is 26.9. The van der Waals surface area contributed by atoms with Crippen LogP contribution >= 0.6 is 0 Å². The highest BCUT2D eigenvalue weighted by molar-refractivity contribution is 5.71. The van der Waals surface area contributed by atoms with Crippen LogP contribution in [0.15, 0.2) is 0 Å². The fraction of sp³-hybridized carbons (Fsp3) is 0.929. The van der Waals surface area contributed by atoms with Crippen molar-refractivity contribution in [2.24, 2.45) is 17.3 Å². The van der Waals surface area contributed by atoms with E-state index in [1.54, 1.807) is 0 Å². The number of carbonyl (C=O) groups is 1. The first-order valence-electron chi connectivity index (χ1n) is 6.53. The van der Waals surface area contributed by atoms with Gasteiger partial charge in [0.25, 0.3) is 0 Å². The van der Waals surface area contributed by atoms with Gasteiger partial charge in [0.1, 0.15) is 6.10 Å². The Balaban J connectivity index is 2.64. The second kappa shape index (κ2) is 5.20. The van der Waals surface area contributed by atoms with E-state index in [-0.39, 0.29) is 23.4 Å². The smallest absolute Gasteiger partial charge is 0.308 e. The molecule has 1 fully saturated rings. The summed E-state index contributed by atoms with van der Waals surface area (Å²) in [4.78, 5) is 11.7. The minimum atomic E-state index is -0.0406. The van der Waals surface area contributed by atoms with Crippen LogP contribution in [0.5, 0.6) is 0 Å². The summed E-state index contributed by atoms with van der Waals surface area (Å²) in [6.45, 7) is 10.5. The molecule has 0 aromatic carbocycles. The van der Waals surface area contributed by atoms with Crippen LogP contribution in [-0.2, 0) is 9.53 Å². The van der Waals surface area contributed by atoms with Crippen LogP contribution < -0.4 is 0 Å². The Bertz CT molecular complexity index is 238. The predicted molar refractivity (Wildman–Crippen MR) is 66.1 cm³/mol. The van der Waals surface area contributed by atoms with E-state index in [4.69, 9.17) is 4.74 Å². The maximum absolute atomic E-state index is 11.7. The Hall–Kier alpha value is -0.530. The van der Waals surface area contributed by atoms with E-state index in [1.807, 2.05) is 13.8 Å². The molecule has 0 spiro atoms. The van der Waals surface area contributed by atoms with Gasteiger partial charge in [0.15, 0.2) is 0 Å². The van der Waals surface area contributed by atoms with Gasteiger partial charge in [-0.15, -0.1) is 0 Å². The molecular weight excluding hydrogens is 200 g/mol. The first-order valence-corrected chi connectivity index (χ1v) is 6.53. The summed E-state index contributed by atoms with van der Waals surface area (Å²) in [5, 5.41) is 0. The molecule has 94 valence electrons. The molecule has 2 atom stereocenters. The maximum atomic E-state index is 11.7. The molecule has 0 heterocycles. The van der Waals surface area contributed by atoms with E-state index in [0.717, 1.165) is 6.42 Å². The highest BCUT2D eigenvalue weighted by atomic mass is 16.5. The summed E-state index contributed by atoms with van der Waals surface area (Å²) >= 11 is 0. The summed E-state index contributed by atoms with van der Waals surface area (Å²) in [6, 6.07) is 0. The molecule has 0 amide bonds. The molecule has 0 bridgehead atoms. The number of esters is 1. The zero-order valence-corrected chi connectivity index (χ0v) is 11.4. The van der Waals surface area contributed by atoms with Gasteiger partial charge in [0, 0.05) is 5.92 Å². The highest BCUT2D eigenvalue weighted by Gasteiger charge is 2.36. The molecule has 0 N–H and O–H groups in total. The average molecular weight is 226 g/mol. The predicted octanol–water partition coefficient (Wildman–Crippen LogP) is 3.79. The zero-order chi connectivity index (χ0) is 12.3. The fourth-order valence-corrected chi connectivity index (χ4v) is 2.51. The molecule has 0 aromatic heterocycles. The number of ether oxygens (including phenoxy) is 1. The van der Waals surface area contributed by atoms with Gasteiger partial charge in [-0.2, -0.15) is 0 Å². The molecule has 0 aliphatic heterocycles. The van der Waals surface area contributed by atoms with Gasteiger partial charge in [-0.05, 0) is 24.7 Å². The van der Waals surface area contributed by atoms with Crippen molar-refractivity contribution in [2.45, 2.75) is 66.4 Å². The lowest BCUT2D eigenvalue weighted by Crippen LogP contribution is -2.38. The SMILES string of the molecule is CC(C)C(=O)OC1CCCCC1C(C)(C)C. The first kappa shape index (κ1) is 13.5. The maximum Gasteiger partial charge on any atom is 0.308 e. The van der Waals surface area contributed by atoms with E-state index in [2.05, 4.69) is 20.8 Å². The molecule has 2 nitrogen and oxygen atoms in total. The molecule has 0 radical (unpaired) electrons.